The number of carbonyl (C=O) groups excluding carboxylic acids is 2. The first-order chi connectivity index (χ1) is 16.4. The third-order valence-electron chi connectivity index (χ3n) is 4.57. The van der Waals surface area contributed by atoms with Gasteiger partial charge in [-0.25, -0.2) is 9.59 Å². The second-order valence-electron chi connectivity index (χ2n) is 7.18. The second kappa shape index (κ2) is 12.0. The number of nitrogens with two attached hydrogens (primary N) is 1. The van der Waals surface area contributed by atoms with Crippen molar-refractivity contribution in [2.24, 2.45) is 5.73 Å². The minimum absolute atomic E-state index is 0.0134. The number of hydrogen-bond acceptors (Lipinski definition) is 8. The molecule has 0 saturated carbocycles. The Labute approximate surface area is 195 Å². The number of benzene rings is 3. The van der Waals surface area contributed by atoms with E-state index in [-0.39, 0.29) is 31.1 Å². The van der Waals surface area contributed by atoms with Gasteiger partial charge in [0.05, 0.1) is 0 Å². The van der Waals surface area contributed by atoms with Crippen LogP contribution < -0.4 is 15.2 Å². The van der Waals surface area contributed by atoms with Crippen LogP contribution in [0.25, 0.3) is 0 Å². The molecular weight excluding hydrogens is 442 g/mol. The average Bonchev–Trinajstić information content (AvgIpc) is 2.84. The molecule has 0 bridgehead atoms. The zero-order chi connectivity index (χ0) is 24.3. The van der Waals surface area contributed by atoms with E-state index in [4.69, 9.17) is 29.8 Å². The molecule has 0 saturated heterocycles. The summed E-state index contributed by atoms with van der Waals surface area (Å²) in [5.74, 6) is -1.44. The molecule has 34 heavy (non-hydrogen) atoms. The summed E-state index contributed by atoms with van der Waals surface area (Å²) in [5.41, 5.74) is 7.55. The van der Waals surface area contributed by atoms with Crippen LogP contribution in [0, 0.1) is 0 Å². The summed E-state index contributed by atoms with van der Waals surface area (Å²) in [6.07, 6.45) is -2.09. The van der Waals surface area contributed by atoms with Crippen LogP contribution in [0.5, 0.6) is 11.5 Å². The summed E-state index contributed by atoms with van der Waals surface area (Å²) >= 11 is 0. The monoisotopic (exact) mass is 465 g/mol. The van der Waals surface area contributed by atoms with Gasteiger partial charge in [0.15, 0.2) is 11.5 Å². The summed E-state index contributed by atoms with van der Waals surface area (Å²) in [5, 5.41) is 9.05. The van der Waals surface area contributed by atoms with E-state index in [0.717, 1.165) is 11.1 Å². The fourth-order valence-corrected chi connectivity index (χ4v) is 2.86. The minimum Gasteiger partial charge on any atom is -0.480 e. The van der Waals surface area contributed by atoms with Gasteiger partial charge in [0.2, 0.25) is 0 Å². The van der Waals surface area contributed by atoms with Gasteiger partial charge in [0, 0.05) is 0 Å². The molecule has 3 aromatic rings. The molecule has 9 heteroatoms. The SMILES string of the molecule is N[C@@H](Cc1ccc(OC(=O)OCc2ccccc2)c(OC(=O)OCc2ccccc2)c1)C(=O)O. The summed E-state index contributed by atoms with van der Waals surface area (Å²) in [6.45, 7) is -0.0426. The first kappa shape index (κ1) is 24.3. The highest BCUT2D eigenvalue weighted by Gasteiger charge is 2.19. The van der Waals surface area contributed by atoms with Gasteiger partial charge in [-0.05, 0) is 35.2 Å². The molecule has 0 radical (unpaired) electrons. The number of rotatable bonds is 9. The van der Waals surface area contributed by atoms with Gasteiger partial charge in [0.25, 0.3) is 0 Å². The highest BCUT2D eigenvalue weighted by molar-refractivity contribution is 5.74. The Morgan fingerprint density at radius 3 is 1.71 bits per heavy atom. The zero-order valence-electron chi connectivity index (χ0n) is 18.1. The van der Waals surface area contributed by atoms with Crippen molar-refractivity contribution in [2.45, 2.75) is 25.7 Å². The lowest BCUT2D eigenvalue weighted by Crippen LogP contribution is -2.32. The van der Waals surface area contributed by atoms with Gasteiger partial charge in [-0.2, -0.15) is 0 Å². The molecule has 176 valence electrons. The standard InChI is InChI=1S/C25H23NO8/c26-20(23(27)28)13-19-11-12-21(33-24(29)31-15-17-7-3-1-4-8-17)22(14-19)34-25(30)32-16-18-9-5-2-6-10-18/h1-12,14,20H,13,15-16,26H2,(H,27,28)/t20-/m0/s1. The molecule has 0 aliphatic rings. The van der Waals surface area contributed by atoms with Crippen molar-refractivity contribution in [2.75, 3.05) is 0 Å². The van der Waals surface area contributed by atoms with Gasteiger partial charge in [-0.15, -0.1) is 0 Å². The number of carboxylic acid groups (broad SMARTS) is 1. The van der Waals surface area contributed by atoms with E-state index in [1.807, 2.05) is 12.1 Å². The molecule has 9 nitrogen and oxygen atoms in total. The Morgan fingerprint density at radius 2 is 1.21 bits per heavy atom. The summed E-state index contributed by atoms with van der Waals surface area (Å²) in [6, 6.07) is 21.0. The number of hydrogen-bond donors (Lipinski definition) is 2. The van der Waals surface area contributed by atoms with Gasteiger partial charge in [-0.1, -0.05) is 66.7 Å². The predicted octanol–water partition coefficient (Wildman–Crippen LogP) is 4.07. The van der Waals surface area contributed by atoms with Crippen molar-refractivity contribution in [3.63, 3.8) is 0 Å². The van der Waals surface area contributed by atoms with Crippen molar-refractivity contribution in [1.82, 2.24) is 0 Å². The normalized spacial score (nSPS) is 11.2. The molecule has 0 fully saturated rings. The summed E-state index contributed by atoms with van der Waals surface area (Å²) in [7, 11) is 0. The second-order valence-corrected chi connectivity index (χ2v) is 7.18. The summed E-state index contributed by atoms with van der Waals surface area (Å²) in [4.78, 5) is 35.5. The molecule has 0 amide bonds. The maximum absolute atomic E-state index is 12.2. The van der Waals surface area contributed by atoms with Crippen LogP contribution in [0.3, 0.4) is 0 Å². The largest absolute Gasteiger partial charge is 0.514 e. The third-order valence-corrected chi connectivity index (χ3v) is 4.57. The molecule has 3 rings (SSSR count). The van der Waals surface area contributed by atoms with Crippen molar-refractivity contribution in [3.05, 3.63) is 95.6 Å². The van der Waals surface area contributed by atoms with Gasteiger partial charge in [-0.3, -0.25) is 4.79 Å². The quantitative estimate of drug-likeness (QED) is 0.354. The molecule has 0 aliphatic heterocycles. The molecule has 0 spiro atoms. The molecule has 0 unspecified atom stereocenters. The van der Waals surface area contributed by atoms with Crippen LogP contribution in [-0.2, 0) is 33.9 Å². The molecular formula is C25H23NO8. The fraction of sp³-hybridized carbons (Fsp3) is 0.160. The predicted molar refractivity (Wildman–Crippen MR) is 120 cm³/mol. The van der Waals surface area contributed by atoms with Crippen LogP contribution in [0.2, 0.25) is 0 Å². The van der Waals surface area contributed by atoms with E-state index >= 15 is 0 Å². The Bertz CT molecular complexity index is 1120. The molecule has 0 aromatic heterocycles. The number of aliphatic carboxylic acids is 1. The smallest absolute Gasteiger partial charge is 0.480 e. The lowest BCUT2D eigenvalue weighted by atomic mass is 10.1. The van der Waals surface area contributed by atoms with E-state index in [1.54, 1.807) is 48.5 Å². The first-order valence-electron chi connectivity index (χ1n) is 10.3. The number of carbonyl (C=O) groups is 3. The zero-order valence-corrected chi connectivity index (χ0v) is 18.1. The Hall–Kier alpha value is -4.37. The van der Waals surface area contributed by atoms with E-state index in [0.29, 0.717) is 5.56 Å². The highest BCUT2D eigenvalue weighted by Crippen LogP contribution is 2.30. The first-order valence-corrected chi connectivity index (χ1v) is 10.3. The minimum atomic E-state index is -1.19. The molecule has 3 aromatic carbocycles. The molecule has 0 aliphatic carbocycles. The van der Waals surface area contributed by atoms with E-state index < -0.39 is 24.3 Å². The lowest BCUT2D eigenvalue weighted by Gasteiger charge is -2.13. The summed E-state index contributed by atoms with van der Waals surface area (Å²) < 4.78 is 20.6. The van der Waals surface area contributed by atoms with Crippen molar-refractivity contribution < 1.29 is 38.4 Å². The highest BCUT2D eigenvalue weighted by atomic mass is 16.7. The lowest BCUT2D eigenvalue weighted by molar-refractivity contribution is -0.138. The van der Waals surface area contributed by atoms with Crippen LogP contribution in [0.1, 0.15) is 16.7 Å². The van der Waals surface area contributed by atoms with Crippen LogP contribution in [0.15, 0.2) is 78.9 Å². The third kappa shape index (κ3) is 7.64. The Balaban J connectivity index is 1.69. The van der Waals surface area contributed by atoms with E-state index in [2.05, 4.69) is 0 Å². The van der Waals surface area contributed by atoms with Crippen molar-refractivity contribution in [1.29, 1.82) is 0 Å². The Kier molecular flexibility index (Phi) is 8.59. The Morgan fingerprint density at radius 1 is 0.706 bits per heavy atom. The maximum atomic E-state index is 12.2. The molecule has 3 N–H and O–H groups in total. The molecule has 0 heterocycles. The maximum Gasteiger partial charge on any atom is 0.514 e. The van der Waals surface area contributed by atoms with Crippen molar-refractivity contribution in [3.8, 4) is 11.5 Å². The topological polar surface area (TPSA) is 134 Å². The van der Waals surface area contributed by atoms with Crippen molar-refractivity contribution >= 4 is 18.3 Å². The van der Waals surface area contributed by atoms with Gasteiger partial charge < -0.3 is 29.8 Å². The number of carboxylic acids is 1. The average molecular weight is 465 g/mol. The van der Waals surface area contributed by atoms with E-state index in [1.165, 1.54) is 18.2 Å². The number of ether oxygens (including phenoxy) is 4. The molecule has 1 atom stereocenters. The van der Waals surface area contributed by atoms with Crippen LogP contribution in [0.4, 0.5) is 9.59 Å². The van der Waals surface area contributed by atoms with Crippen LogP contribution in [-0.4, -0.2) is 29.4 Å². The van der Waals surface area contributed by atoms with E-state index in [9.17, 15) is 14.4 Å². The van der Waals surface area contributed by atoms with Crippen LogP contribution >= 0.6 is 0 Å². The van der Waals surface area contributed by atoms with Gasteiger partial charge >= 0.3 is 18.3 Å². The van der Waals surface area contributed by atoms with Gasteiger partial charge in [0.1, 0.15) is 19.3 Å². The fourth-order valence-electron chi connectivity index (χ4n) is 2.86.